The average molecular weight is 409 g/mol. The van der Waals surface area contributed by atoms with Crippen LogP contribution in [0.3, 0.4) is 0 Å². The van der Waals surface area contributed by atoms with Crippen LogP contribution in [0.4, 0.5) is 0 Å². The zero-order chi connectivity index (χ0) is 15.8. The van der Waals surface area contributed by atoms with Crippen molar-refractivity contribution in [3.8, 4) is 0 Å². The molecule has 6 heteroatoms. The maximum atomic E-state index is 6.02. The molecule has 3 aromatic rings. The van der Waals surface area contributed by atoms with E-state index in [1.54, 1.807) is 0 Å². The molecule has 1 aliphatic rings. The van der Waals surface area contributed by atoms with Gasteiger partial charge in [-0.05, 0) is 0 Å². The number of benzene rings is 2. The summed E-state index contributed by atoms with van der Waals surface area (Å²) in [4.78, 5) is 0. The van der Waals surface area contributed by atoms with Gasteiger partial charge in [-0.25, -0.2) is 0 Å². The Hall–Kier alpha value is -1.16. The van der Waals surface area contributed by atoms with Gasteiger partial charge in [0.2, 0.25) is 0 Å². The molecule has 116 valence electrons. The molecule has 0 radical (unpaired) electrons. The molecule has 2 atom stereocenters. The van der Waals surface area contributed by atoms with Crippen LogP contribution in [0.1, 0.15) is 33.3 Å². The number of hydrogen-bond acceptors (Lipinski definition) is 3. The van der Waals surface area contributed by atoms with Crippen molar-refractivity contribution >= 4 is 37.9 Å². The number of hydrogen-bond donors (Lipinski definition) is 1. The van der Waals surface area contributed by atoms with Gasteiger partial charge in [0.1, 0.15) is 0 Å². The summed E-state index contributed by atoms with van der Waals surface area (Å²) in [6.45, 7) is 0. The van der Waals surface area contributed by atoms with E-state index in [4.69, 9.17) is 23.2 Å². The second kappa shape index (κ2) is 6.39. The predicted molar refractivity (Wildman–Crippen MR) is 93.3 cm³/mol. The third kappa shape index (κ3) is 3.10. The van der Waals surface area contributed by atoms with Crippen molar-refractivity contribution in [2.45, 2.75) is 18.5 Å². The standard InChI is InChI=1S/C17H13Cl2N3Se/c18-12-5-1-10(2-6-12)14-9-15-17(23-22-21-15)16(20-14)11-3-7-13(19)8-4-11/h1-8,14,16,20H,9H2. The molecule has 0 fully saturated rings. The summed E-state index contributed by atoms with van der Waals surface area (Å²) >= 11 is 12.1. The summed E-state index contributed by atoms with van der Waals surface area (Å²) in [5.74, 6) is 0. The topological polar surface area (TPSA) is 37.8 Å². The number of nitrogens with one attached hydrogen (secondary N) is 1. The number of nitrogens with zero attached hydrogens (tertiary/aromatic N) is 2. The summed E-state index contributed by atoms with van der Waals surface area (Å²) in [5.41, 5.74) is 3.55. The second-order valence-electron chi connectivity index (χ2n) is 5.54. The summed E-state index contributed by atoms with van der Waals surface area (Å²) in [7, 11) is 0. The van der Waals surface area contributed by atoms with Crippen LogP contribution in [-0.2, 0) is 6.42 Å². The Kier molecular flexibility index (Phi) is 4.27. The second-order valence-corrected chi connectivity index (χ2v) is 8.06. The minimum atomic E-state index is 0.0810. The van der Waals surface area contributed by atoms with Crippen molar-refractivity contribution in [1.82, 2.24) is 14.5 Å². The molecule has 0 saturated heterocycles. The molecule has 0 saturated carbocycles. The Morgan fingerprint density at radius 1 is 0.913 bits per heavy atom. The number of aromatic nitrogens is 2. The monoisotopic (exact) mass is 409 g/mol. The fourth-order valence-corrected chi connectivity index (χ4v) is 4.78. The Balaban J connectivity index is 1.71. The van der Waals surface area contributed by atoms with Crippen LogP contribution in [0.2, 0.25) is 10.0 Å². The molecule has 0 bridgehead atoms. The van der Waals surface area contributed by atoms with Crippen LogP contribution in [0, 0.1) is 0 Å². The zero-order valence-electron chi connectivity index (χ0n) is 12.0. The first-order valence-electron chi connectivity index (χ1n) is 7.29. The van der Waals surface area contributed by atoms with Crippen LogP contribution in [0.15, 0.2) is 48.5 Å². The molecular formula is C17H13Cl2N3Se. The van der Waals surface area contributed by atoms with Gasteiger partial charge in [-0.3, -0.25) is 0 Å². The van der Waals surface area contributed by atoms with E-state index in [-0.39, 0.29) is 26.8 Å². The van der Waals surface area contributed by atoms with Gasteiger partial charge in [0, 0.05) is 0 Å². The van der Waals surface area contributed by atoms with Gasteiger partial charge < -0.3 is 0 Å². The van der Waals surface area contributed by atoms with Crippen LogP contribution in [0.25, 0.3) is 0 Å². The van der Waals surface area contributed by atoms with E-state index in [2.05, 4.69) is 38.8 Å². The van der Waals surface area contributed by atoms with E-state index in [1.807, 2.05) is 24.3 Å². The normalized spacial score (nSPS) is 20.3. The number of halogens is 2. The summed E-state index contributed by atoms with van der Waals surface area (Å²) in [6, 6.07) is 16.4. The van der Waals surface area contributed by atoms with E-state index in [9.17, 15) is 0 Å². The molecular weight excluding hydrogens is 396 g/mol. The van der Waals surface area contributed by atoms with Gasteiger partial charge in [-0.1, -0.05) is 0 Å². The Bertz CT molecular complexity index is 815. The van der Waals surface area contributed by atoms with Crippen molar-refractivity contribution in [1.29, 1.82) is 0 Å². The fraction of sp³-hybridized carbons (Fsp3) is 0.176. The molecule has 2 heterocycles. The molecule has 3 nitrogen and oxygen atoms in total. The number of fused-ring (bicyclic) bond motifs is 1. The first-order chi connectivity index (χ1) is 11.2. The van der Waals surface area contributed by atoms with E-state index >= 15 is 0 Å². The van der Waals surface area contributed by atoms with E-state index in [1.165, 1.54) is 15.6 Å². The van der Waals surface area contributed by atoms with Gasteiger partial charge in [0.25, 0.3) is 0 Å². The van der Waals surface area contributed by atoms with Gasteiger partial charge in [0.15, 0.2) is 0 Å². The van der Waals surface area contributed by atoms with Crippen LogP contribution in [-0.4, -0.2) is 23.9 Å². The molecule has 1 aromatic heterocycles. The molecule has 2 aromatic carbocycles. The van der Waals surface area contributed by atoms with Crippen LogP contribution < -0.4 is 5.32 Å². The summed E-state index contributed by atoms with van der Waals surface area (Å²) in [6.07, 6.45) is 0.867. The molecule has 1 N–H and O–H groups in total. The predicted octanol–water partition coefficient (Wildman–Crippen LogP) is 3.82. The van der Waals surface area contributed by atoms with E-state index < -0.39 is 0 Å². The molecule has 0 aliphatic carbocycles. The van der Waals surface area contributed by atoms with Gasteiger partial charge in [-0.2, -0.15) is 0 Å². The summed E-state index contributed by atoms with van der Waals surface area (Å²) in [5, 5.41) is 9.63. The molecule has 0 amide bonds. The SMILES string of the molecule is Clc1ccc(C2Cc3nn[se]c3C(c3ccc(Cl)cc3)N2)cc1. The van der Waals surface area contributed by atoms with Gasteiger partial charge >= 0.3 is 151 Å². The first-order valence-corrected chi connectivity index (χ1v) is 9.66. The first kappa shape index (κ1) is 15.4. The molecule has 23 heavy (non-hydrogen) atoms. The third-order valence-electron chi connectivity index (χ3n) is 4.09. The van der Waals surface area contributed by atoms with Crippen molar-refractivity contribution in [2.24, 2.45) is 0 Å². The fourth-order valence-electron chi connectivity index (χ4n) is 2.92. The van der Waals surface area contributed by atoms with E-state index in [0.717, 1.165) is 22.2 Å². The minimum absolute atomic E-state index is 0.0810. The Labute approximate surface area is 150 Å². The quantitative estimate of drug-likeness (QED) is 0.655. The van der Waals surface area contributed by atoms with Crippen molar-refractivity contribution in [3.05, 3.63) is 79.8 Å². The average Bonchev–Trinajstić information content (AvgIpc) is 3.04. The molecule has 4 rings (SSSR count). The van der Waals surface area contributed by atoms with Gasteiger partial charge in [0.05, 0.1) is 0 Å². The van der Waals surface area contributed by atoms with Crippen molar-refractivity contribution in [3.63, 3.8) is 0 Å². The maximum absolute atomic E-state index is 6.02. The van der Waals surface area contributed by atoms with Crippen molar-refractivity contribution < 1.29 is 0 Å². The molecule has 0 spiro atoms. The van der Waals surface area contributed by atoms with Crippen LogP contribution >= 0.6 is 23.2 Å². The Morgan fingerprint density at radius 2 is 1.52 bits per heavy atom. The Morgan fingerprint density at radius 3 is 2.17 bits per heavy atom. The van der Waals surface area contributed by atoms with Gasteiger partial charge in [-0.15, -0.1) is 0 Å². The molecule has 1 aliphatic heterocycles. The third-order valence-corrected chi connectivity index (χ3v) is 6.34. The van der Waals surface area contributed by atoms with Crippen molar-refractivity contribution in [2.75, 3.05) is 0 Å². The van der Waals surface area contributed by atoms with Crippen LogP contribution in [0.5, 0.6) is 0 Å². The van der Waals surface area contributed by atoms with E-state index in [0.29, 0.717) is 0 Å². The number of rotatable bonds is 2. The zero-order valence-corrected chi connectivity index (χ0v) is 15.3. The molecule has 2 unspecified atom stereocenters. The summed E-state index contributed by atoms with van der Waals surface area (Å²) < 4.78 is 5.61.